The van der Waals surface area contributed by atoms with Crippen molar-refractivity contribution in [2.45, 2.75) is 38.8 Å². The molecular weight excluding hydrogens is 312 g/mol. The molecule has 0 bridgehead atoms. The first kappa shape index (κ1) is 14.2. The number of halogens is 2. The Hall–Kier alpha value is -0.250. The Morgan fingerprint density at radius 2 is 2.17 bits per heavy atom. The maximum Gasteiger partial charge on any atom is 0.0650 e. The van der Waals surface area contributed by atoms with Crippen LogP contribution in [-0.4, -0.2) is 25.2 Å². The summed E-state index contributed by atoms with van der Waals surface area (Å²) in [6.45, 7) is 6.54. The maximum atomic E-state index is 6.38. The maximum absolute atomic E-state index is 6.38. The molecule has 2 rings (SSSR count). The molecule has 18 heavy (non-hydrogen) atoms. The van der Waals surface area contributed by atoms with Crippen LogP contribution < -0.4 is 10.2 Å². The Bertz CT molecular complexity index is 411. The van der Waals surface area contributed by atoms with Gasteiger partial charge in [-0.2, -0.15) is 0 Å². The van der Waals surface area contributed by atoms with Crippen molar-refractivity contribution in [2.24, 2.45) is 0 Å². The molecule has 1 N–H and O–H groups in total. The van der Waals surface area contributed by atoms with Crippen molar-refractivity contribution < 1.29 is 0 Å². The molecule has 2 nitrogen and oxygen atoms in total. The molecule has 0 aliphatic carbocycles. The molecular formula is C14H20BrClN2. The minimum Gasteiger partial charge on any atom is -0.365 e. The van der Waals surface area contributed by atoms with Crippen LogP contribution in [0.5, 0.6) is 0 Å². The minimum absolute atomic E-state index is 0.534. The molecule has 1 aliphatic heterocycles. The van der Waals surface area contributed by atoms with Gasteiger partial charge in [-0.1, -0.05) is 41.4 Å². The topological polar surface area (TPSA) is 15.3 Å². The molecule has 1 aliphatic rings. The summed E-state index contributed by atoms with van der Waals surface area (Å²) in [6, 6.07) is 7.26. The van der Waals surface area contributed by atoms with Gasteiger partial charge in [0.15, 0.2) is 0 Å². The standard InChI is InChI=1S/C14H20BrClN2/c1-3-11-9-18(12(4-2)8-17-11)14-6-5-10(15)7-13(14)16/h5-7,11-12,17H,3-4,8-9H2,1-2H3. The summed E-state index contributed by atoms with van der Waals surface area (Å²) in [5.74, 6) is 0. The SMILES string of the molecule is CCC1CN(c2ccc(Br)cc2Cl)C(CC)CN1. The van der Waals surface area contributed by atoms with Crippen LogP contribution in [0.3, 0.4) is 0 Å². The quantitative estimate of drug-likeness (QED) is 0.898. The summed E-state index contributed by atoms with van der Waals surface area (Å²) in [7, 11) is 0. The van der Waals surface area contributed by atoms with E-state index in [-0.39, 0.29) is 0 Å². The second-order valence-electron chi connectivity index (χ2n) is 4.82. The van der Waals surface area contributed by atoms with Crippen molar-refractivity contribution in [3.8, 4) is 0 Å². The van der Waals surface area contributed by atoms with Gasteiger partial charge in [0.2, 0.25) is 0 Å². The zero-order valence-electron chi connectivity index (χ0n) is 10.9. The summed E-state index contributed by atoms with van der Waals surface area (Å²) in [4.78, 5) is 2.46. The van der Waals surface area contributed by atoms with Gasteiger partial charge >= 0.3 is 0 Å². The van der Waals surface area contributed by atoms with Crippen LogP contribution in [0, 0.1) is 0 Å². The van der Waals surface area contributed by atoms with E-state index in [1.807, 2.05) is 6.07 Å². The Labute approximate surface area is 123 Å². The molecule has 0 saturated carbocycles. The van der Waals surface area contributed by atoms with Crippen LogP contribution in [0.4, 0.5) is 5.69 Å². The highest BCUT2D eigenvalue weighted by Crippen LogP contribution is 2.32. The Morgan fingerprint density at radius 1 is 1.39 bits per heavy atom. The van der Waals surface area contributed by atoms with E-state index in [1.54, 1.807) is 0 Å². The number of hydrogen-bond donors (Lipinski definition) is 1. The molecule has 1 aromatic rings. The van der Waals surface area contributed by atoms with E-state index in [2.05, 4.69) is 52.1 Å². The molecule has 1 heterocycles. The highest BCUT2D eigenvalue weighted by molar-refractivity contribution is 9.10. The summed E-state index contributed by atoms with van der Waals surface area (Å²) in [5.41, 5.74) is 1.16. The number of nitrogens with one attached hydrogen (secondary N) is 1. The number of anilines is 1. The monoisotopic (exact) mass is 330 g/mol. The van der Waals surface area contributed by atoms with Gasteiger partial charge in [-0.15, -0.1) is 0 Å². The molecule has 1 saturated heterocycles. The smallest absolute Gasteiger partial charge is 0.0650 e. The molecule has 2 atom stereocenters. The normalized spacial score (nSPS) is 24.3. The molecule has 0 aromatic heterocycles. The number of benzene rings is 1. The van der Waals surface area contributed by atoms with E-state index in [1.165, 1.54) is 0 Å². The molecule has 0 amide bonds. The average molecular weight is 332 g/mol. The van der Waals surface area contributed by atoms with Gasteiger partial charge in [0, 0.05) is 29.6 Å². The van der Waals surface area contributed by atoms with E-state index < -0.39 is 0 Å². The Balaban J connectivity index is 2.26. The summed E-state index contributed by atoms with van der Waals surface area (Å²) < 4.78 is 1.03. The molecule has 100 valence electrons. The van der Waals surface area contributed by atoms with Crippen LogP contribution in [0.2, 0.25) is 5.02 Å². The highest BCUT2D eigenvalue weighted by atomic mass is 79.9. The van der Waals surface area contributed by atoms with Gasteiger partial charge in [-0.3, -0.25) is 0 Å². The third-order valence-corrected chi connectivity index (χ3v) is 4.48. The lowest BCUT2D eigenvalue weighted by atomic mass is 10.0. The third kappa shape index (κ3) is 3.01. The molecule has 1 fully saturated rings. The van der Waals surface area contributed by atoms with Crippen molar-refractivity contribution in [1.29, 1.82) is 0 Å². The minimum atomic E-state index is 0.534. The van der Waals surface area contributed by atoms with Crippen LogP contribution in [0.25, 0.3) is 0 Å². The lowest BCUT2D eigenvalue weighted by molar-refractivity contribution is 0.379. The number of nitrogens with zero attached hydrogens (tertiary/aromatic N) is 1. The third-order valence-electron chi connectivity index (χ3n) is 3.68. The van der Waals surface area contributed by atoms with Crippen LogP contribution in [-0.2, 0) is 0 Å². The second kappa shape index (κ2) is 6.27. The van der Waals surface area contributed by atoms with Gasteiger partial charge in [0.25, 0.3) is 0 Å². The van der Waals surface area contributed by atoms with E-state index in [9.17, 15) is 0 Å². The molecule has 4 heteroatoms. The fraction of sp³-hybridized carbons (Fsp3) is 0.571. The zero-order valence-corrected chi connectivity index (χ0v) is 13.3. The van der Waals surface area contributed by atoms with Crippen LogP contribution in [0.1, 0.15) is 26.7 Å². The molecule has 2 unspecified atom stereocenters. The summed E-state index contributed by atoms with van der Waals surface area (Å²) >= 11 is 9.85. The van der Waals surface area contributed by atoms with Crippen molar-refractivity contribution in [3.63, 3.8) is 0 Å². The average Bonchev–Trinajstić information content (AvgIpc) is 2.38. The van der Waals surface area contributed by atoms with Crippen LogP contribution >= 0.6 is 27.5 Å². The number of rotatable bonds is 3. The molecule has 0 spiro atoms. The Morgan fingerprint density at radius 3 is 2.78 bits per heavy atom. The number of hydrogen-bond acceptors (Lipinski definition) is 2. The van der Waals surface area contributed by atoms with Gasteiger partial charge in [0.05, 0.1) is 10.7 Å². The first-order valence-electron chi connectivity index (χ1n) is 6.60. The zero-order chi connectivity index (χ0) is 13.1. The lowest BCUT2D eigenvalue weighted by Gasteiger charge is -2.42. The predicted molar refractivity (Wildman–Crippen MR) is 82.7 cm³/mol. The van der Waals surface area contributed by atoms with E-state index in [0.717, 1.165) is 41.1 Å². The lowest BCUT2D eigenvalue weighted by Crippen LogP contribution is -2.56. The van der Waals surface area contributed by atoms with Gasteiger partial charge in [-0.05, 0) is 31.0 Å². The van der Waals surface area contributed by atoms with Crippen molar-refractivity contribution in [2.75, 3.05) is 18.0 Å². The molecule has 0 radical (unpaired) electrons. The second-order valence-corrected chi connectivity index (χ2v) is 6.15. The summed E-state index contributed by atoms with van der Waals surface area (Å²) in [5, 5.41) is 4.44. The van der Waals surface area contributed by atoms with Gasteiger partial charge in [0.1, 0.15) is 0 Å². The van der Waals surface area contributed by atoms with Gasteiger partial charge in [-0.25, -0.2) is 0 Å². The first-order valence-corrected chi connectivity index (χ1v) is 7.77. The van der Waals surface area contributed by atoms with Gasteiger partial charge < -0.3 is 10.2 Å². The van der Waals surface area contributed by atoms with Crippen molar-refractivity contribution in [3.05, 3.63) is 27.7 Å². The van der Waals surface area contributed by atoms with Crippen LogP contribution in [0.15, 0.2) is 22.7 Å². The van der Waals surface area contributed by atoms with E-state index in [0.29, 0.717) is 12.1 Å². The Kier molecular flexibility index (Phi) is 4.93. The van der Waals surface area contributed by atoms with Crippen molar-refractivity contribution >= 4 is 33.2 Å². The van der Waals surface area contributed by atoms with E-state index in [4.69, 9.17) is 11.6 Å². The van der Waals surface area contributed by atoms with E-state index >= 15 is 0 Å². The largest absolute Gasteiger partial charge is 0.365 e. The molecule has 1 aromatic carbocycles. The summed E-state index contributed by atoms with van der Waals surface area (Å²) in [6.07, 6.45) is 2.29. The van der Waals surface area contributed by atoms with Crippen molar-refractivity contribution in [1.82, 2.24) is 5.32 Å². The highest BCUT2D eigenvalue weighted by Gasteiger charge is 2.27. The fourth-order valence-electron chi connectivity index (χ4n) is 2.51. The predicted octanol–water partition coefficient (Wildman–Crippen LogP) is 4.07. The first-order chi connectivity index (χ1) is 8.65. The fourth-order valence-corrected chi connectivity index (χ4v) is 3.29. The number of piperazine rings is 1.